The monoisotopic (exact) mass is 472 g/mol. The zero-order chi connectivity index (χ0) is 22.6. The third kappa shape index (κ3) is 3.11. The average molecular weight is 473 g/mol. The van der Waals surface area contributed by atoms with Crippen molar-refractivity contribution in [3.63, 3.8) is 0 Å². The topological polar surface area (TPSA) is 84.0 Å². The molecule has 0 radical (unpaired) electrons. The molecule has 1 aliphatic carbocycles. The Morgan fingerprint density at radius 3 is 2.56 bits per heavy atom. The summed E-state index contributed by atoms with van der Waals surface area (Å²) in [6, 6.07) is 11.0. The van der Waals surface area contributed by atoms with E-state index in [9.17, 15) is 19.2 Å². The average Bonchev–Trinajstić information content (AvgIpc) is 3.54. The van der Waals surface area contributed by atoms with Gasteiger partial charge in [0.05, 0.1) is 16.3 Å². The first-order chi connectivity index (χ1) is 15.3. The van der Waals surface area contributed by atoms with Gasteiger partial charge in [-0.05, 0) is 43.2 Å². The number of ether oxygens (including phenoxy) is 1. The molecule has 2 fully saturated rings. The molecule has 1 saturated carbocycles. The van der Waals surface area contributed by atoms with E-state index in [1.807, 2.05) is 0 Å². The number of nitrogens with zero attached hydrogens (tertiary/aromatic N) is 2. The summed E-state index contributed by atoms with van der Waals surface area (Å²) < 4.78 is 5.44. The van der Waals surface area contributed by atoms with Crippen molar-refractivity contribution in [2.45, 2.75) is 37.4 Å². The van der Waals surface area contributed by atoms with Crippen molar-refractivity contribution in [1.82, 2.24) is 4.90 Å². The number of amides is 2. The lowest BCUT2D eigenvalue weighted by Crippen LogP contribution is -2.69. The zero-order valence-electron chi connectivity index (χ0n) is 16.8. The molecule has 32 heavy (non-hydrogen) atoms. The summed E-state index contributed by atoms with van der Waals surface area (Å²) in [5.41, 5.74) is -0.652. The molecule has 0 bridgehead atoms. The second-order valence-corrected chi connectivity index (χ2v) is 8.94. The molecule has 9 heteroatoms. The van der Waals surface area contributed by atoms with E-state index in [-0.39, 0.29) is 41.3 Å². The minimum absolute atomic E-state index is 0.0941. The van der Waals surface area contributed by atoms with Crippen LogP contribution in [0.5, 0.6) is 0 Å². The lowest BCUT2D eigenvalue weighted by Gasteiger charge is -2.48. The maximum absolute atomic E-state index is 13.5. The van der Waals surface area contributed by atoms with Gasteiger partial charge in [-0.1, -0.05) is 35.3 Å². The van der Waals surface area contributed by atoms with Crippen molar-refractivity contribution < 1.29 is 23.9 Å². The van der Waals surface area contributed by atoms with Gasteiger partial charge in [-0.3, -0.25) is 19.3 Å². The number of hydrogen-bond acceptors (Lipinski definition) is 5. The number of carbonyl (C=O) groups excluding carboxylic acids is 4. The van der Waals surface area contributed by atoms with Crippen LogP contribution in [0.15, 0.2) is 42.5 Å². The Hall–Kier alpha value is -2.90. The van der Waals surface area contributed by atoms with Crippen molar-refractivity contribution >= 4 is 52.5 Å². The zero-order valence-corrected chi connectivity index (χ0v) is 18.4. The lowest BCUT2D eigenvalue weighted by molar-refractivity contribution is -0.156. The molecule has 2 aliphatic heterocycles. The first-order valence-electron chi connectivity index (χ1n) is 10.3. The van der Waals surface area contributed by atoms with Gasteiger partial charge in [0, 0.05) is 29.5 Å². The fourth-order valence-corrected chi connectivity index (χ4v) is 5.07. The van der Waals surface area contributed by atoms with Crippen LogP contribution in [0.1, 0.15) is 46.4 Å². The summed E-state index contributed by atoms with van der Waals surface area (Å²) in [6.45, 7) is -0.571. The Balaban J connectivity index is 1.49. The summed E-state index contributed by atoms with van der Waals surface area (Å²) in [5, 5.41) is 0.526. The molecule has 0 aromatic heterocycles. The third-order valence-corrected chi connectivity index (χ3v) is 6.65. The fourth-order valence-electron chi connectivity index (χ4n) is 4.55. The van der Waals surface area contributed by atoms with Crippen LogP contribution in [-0.4, -0.2) is 46.8 Å². The van der Waals surface area contributed by atoms with Gasteiger partial charge in [-0.2, -0.15) is 0 Å². The maximum Gasteiger partial charge on any atom is 0.354 e. The Kier molecular flexibility index (Phi) is 4.98. The van der Waals surface area contributed by atoms with Crippen LogP contribution in [-0.2, 0) is 14.3 Å². The van der Waals surface area contributed by atoms with Gasteiger partial charge in [0.15, 0.2) is 6.61 Å². The van der Waals surface area contributed by atoms with E-state index in [1.165, 1.54) is 28.0 Å². The van der Waals surface area contributed by atoms with Crippen LogP contribution in [0.4, 0.5) is 5.69 Å². The van der Waals surface area contributed by atoms with Gasteiger partial charge >= 0.3 is 5.97 Å². The van der Waals surface area contributed by atoms with Crippen molar-refractivity contribution in [3.8, 4) is 0 Å². The van der Waals surface area contributed by atoms with Crippen molar-refractivity contribution in [3.05, 3.63) is 63.6 Å². The molecular formula is C23H18Cl2N2O5. The first-order valence-corrected chi connectivity index (χ1v) is 11.0. The van der Waals surface area contributed by atoms with E-state index in [0.29, 0.717) is 16.3 Å². The molecule has 2 amide bonds. The SMILES string of the molecule is O=C(COC(=O)C12CCC(=O)N1c1ccccc1C(=O)N2C1CC1)c1ccc(Cl)cc1Cl. The number of esters is 1. The normalized spacial score (nSPS) is 21.9. The number of anilines is 1. The Morgan fingerprint density at radius 2 is 1.84 bits per heavy atom. The van der Waals surface area contributed by atoms with Crippen LogP contribution in [0.2, 0.25) is 10.0 Å². The number of halogens is 2. The number of fused-ring (bicyclic) bond motifs is 3. The fraction of sp³-hybridized carbons (Fsp3) is 0.304. The van der Waals surface area contributed by atoms with Gasteiger partial charge in [0.1, 0.15) is 0 Å². The number of benzene rings is 2. The van der Waals surface area contributed by atoms with Crippen molar-refractivity contribution in [1.29, 1.82) is 0 Å². The van der Waals surface area contributed by atoms with Crippen LogP contribution >= 0.6 is 23.2 Å². The molecule has 2 aromatic carbocycles. The standard InChI is InChI=1S/C23H18Cl2N2O5/c24-13-5-8-15(17(25)11-13)19(28)12-32-22(31)23-10-9-20(29)27(23)18-4-2-1-3-16(18)21(30)26(23)14-6-7-14/h1-5,8,11,14H,6-7,9-10,12H2. The second-order valence-electron chi connectivity index (χ2n) is 8.09. The van der Waals surface area contributed by atoms with Gasteiger partial charge < -0.3 is 9.64 Å². The summed E-state index contributed by atoms with van der Waals surface area (Å²) >= 11 is 12.0. The Bertz CT molecular complexity index is 1180. The van der Waals surface area contributed by atoms with Crippen LogP contribution in [0, 0.1) is 0 Å². The van der Waals surface area contributed by atoms with Gasteiger partial charge in [0.2, 0.25) is 17.4 Å². The van der Waals surface area contributed by atoms with E-state index < -0.39 is 24.0 Å². The number of rotatable bonds is 5. The van der Waals surface area contributed by atoms with Crippen LogP contribution in [0.3, 0.4) is 0 Å². The molecule has 0 spiro atoms. The summed E-state index contributed by atoms with van der Waals surface area (Å²) in [7, 11) is 0. The molecule has 5 rings (SSSR count). The number of Topliss-reactive ketones (excluding diaryl/α,β-unsaturated/α-hetero) is 1. The minimum Gasteiger partial charge on any atom is -0.454 e. The molecule has 1 unspecified atom stereocenters. The minimum atomic E-state index is -1.59. The van der Waals surface area contributed by atoms with Crippen LogP contribution in [0.25, 0.3) is 0 Å². The van der Waals surface area contributed by atoms with E-state index >= 15 is 0 Å². The molecule has 1 atom stereocenters. The first kappa shape index (κ1) is 21.0. The lowest BCUT2D eigenvalue weighted by atomic mass is 9.96. The number of para-hydroxylation sites is 1. The smallest absolute Gasteiger partial charge is 0.354 e. The highest BCUT2D eigenvalue weighted by Crippen LogP contribution is 2.49. The van der Waals surface area contributed by atoms with Gasteiger partial charge in [-0.25, -0.2) is 4.79 Å². The molecule has 0 N–H and O–H groups in total. The van der Waals surface area contributed by atoms with Gasteiger partial charge in [0.25, 0.3) is 5.91 Å². The Labute approximate surface area is 193 Å². The summed E-state index contributed by atoms with van der Waals surface area (Å²) in [5.74, 6) is -1.87. The molecule has 1 saturated heterocycles. The third-order valence-electron chi connectivity index (χ3n) is 6.10. The number of hydrogen-bond donors (Lipinski definition) is 0. The largest absolute Gasteiger partial charge is 0.454 e. The highest BCUT2D eigenvalue weighted by atomic mass is 35.5. The number of ketones is 1. The summed E-state index contributed by atoms with van der Waals surface area (Å²) in [4.78, 5) is 55.3. The molecule has 2 aromatic rings. The molecule has 164 valence electrons. The molecule has 3 aliphatic rings. The predicted molar refractivity (Wildman–Crippen MR) is 117 cm³/mol. The van der Waals surface area contributed by atoms with Gasteiger partial charge in [-0.15, -0.1) is 0 Å². The van der Waals surface area contributed by atoms with E-state index in [0.717, 1.165) is 12.8 Å². The summed E-state index contributed by atoms with van der Waals surface area (Å²) in [6.07, 6.45) is 1.68. The van der Waals surface area contributed by atoms with E-state index in [2.05, 4.69) is 0 Å². The predicted octanol–water partition coefficient (Wildman–Crippen LogP) is 3.86. The van der Waals surface area contributed by atoms with Crippen molar-refractivity contribution in [2.24, 2.45) is 0 Å². The second kappa shape index (κ2) is 7.60. The highest BCUT2D eigenvalue weighted by Gasteiger charge is 2.64. The number of carbonyl (C=O) groups is 4. The maximum atomic E-state index is 13.5. The quantitative estimate of drug-likeness (QED) is 0.487. The molecular weight excluding hydrogens is 455 g/mol. The Morgan fingerprint density at radius 1 is 1.09 bits per heavy atom. The van der Waals surface area contributed by atoms with E-state index in [1.54, 1.807) is 24.3 Å². The molecule has 2 heterocycles. The molecule has 7 nitrogen and oxygen atoms in total. The highest BCUT2D eigenvalue weighted by molar-refractivity contribution is 6.36. The van der Waals surface area contributed by atoms with Crippen molar-refractivity contribution in [2.75, 3.05) is 11.5 Å². The van der Waals surface area contributed by atoms with Crippen LogP contribution < -0.4 is 4.90 Å². The van der Waals surface area contributed by atoms with E-state index in [4.69, 9.17) is 27.9 Å².